The first kappa shape index (κ1) is 14.9. The van der Waals surface area contributed by atoms with Crippen molar-refractivity contribution >= 4 is 17.5 Å². The second-order valence-corrected chi connectivity index (χ2v) is 4.88. The molecular weight excluding hydrogens is 270 g/mol. The molecule has 21 heavy (non-hydrogen) atoms. The molecule has 3 N–H and O–H groups in total. The number of rotatable bonds is 4. The summed E-state index contributed by atoms with van der Waals surface area (Å²) in [6.07, 6.45) is 1.44. The van der Waals surface area contributed by atoms with Crippen LogP contribution in [0.2, 0.25) is 0 Å². The fourth-order valence-corrected chi connectivity index (χ4v) is 2.21. The fraction of sp³-hybridized carbons (Fsp3) is 0.333. The molecule has 0 aliphatic heterocycles. The number of methoxy groups -OCH3 is 1. The Morgan fingerprint density at radius 2 is 2.14 bits per heavy atom. The maximum Gasteiger partial charge on any atom is 0.340 e. The third-order valence-corrected chi connectivity index (χ3v) is 3.25. The van der Waals surface area contributed by atoms with E-state index >= 15 is 0 Å². The van der Waals surface area contributed by atoms with Crippen molar-refractivity contribution in [3.05, 3.63) is 41.0 Å². The largest absolute Gasteiger partial charge is 0.466 e. The van der Waals surface area contributed by atoms with E-state index in [1.165, 1.54) is 13.3 Å². The van der Waals surface area contributed by atoms with Gasteiger partial charge in [-0.05, 0) is 32.9 Å². The van der Waals surface area contributed by atoms with Gasteiger partial charge in [0.2, 0.25) is 0 Å². The predicted octanol–water partition coefficient (Wildman–Crippen LogP) is 2.83. The van der Waals surface area contributed by atoms with E-state index in [1.807, 2.05) is 26.8 Å². The van der Waals surface area contributed by atoms with E-state index in [0.717, 1.165) is 17.1 Å². The standard InChI is InChI=1S/C15H19N3O3/c1-8-5-11(10(3)21-8)9(2)18-14-6-12(15(19)20-4)13(16)7-17-14/h5-7,9H,16H2,1-4H3,(H,17,18). The summed E-state index contributed by atoms with van der Waals surface area (Å²) in [7, 11) is 1.32. The Hall–Kier alpha value is -2.50. The number of furan rings is 1. The molecule has 0 amide bonds. The van der Waals surface area contributed by atoms with Crippen molar-refractivity contribution in [1.82, 2.24) is 4.98 Å². The van der Waals surface area contributed by atoms with Crippen LogP contribution in [0.25, 0.3) is 0 Å². The molecule has 6 nitrogen and oxygen atoms in total. The second-order valence-electron chi connectivity index (χ2n) is 4.88. The molecule has 0 aliphatic rings. The maximum atomic E-state index is 11.6. The number of nitrogen functional groups attached to an aromatic ring is 1. The molecule has 6 heteroatoms. The molecule has 0 bridgehead atoms. The third kappa shape index (κ3) is 3.16. The minimum absolute atomic E-state index is 0.0101. The summed E-state index contributed by atoms with van der Waals surface area (Å²) in [5.41, 5.74) is 7.36. The first-order chi connectivity index (χ1) is 9.92. The highest BCUT2D eigenvalue weighted by Crippen LogP contribution is 2.25. The van der Waals surface area contributed by atoms with Crippen molar-refractivity contribution in [1.29, 1.82) is 0 Å². The number of carbonyl (C=O) groups is 1. The van der Waals surface area contributed by atoms with Crippen LogP contribution in [0, 0.1) is 13.8 Å². The first-order valence-electron chi connectivity index (χ1n) is 6.59. The Morgan fingerprint density at radius 1 is 1.43 bits per heavy atom. The van der Waals surface area contributed by atoms with Crippen LogP contribution in [0.15, 0.2) is 22.7 Å². The zero-order chi connectivity index (χ0) is 15.6. The number of hydrogen-bond donors (Lipinski definition) is 2. The number of aromatic nitrogens is 1. The molecular formula is C15H19N3O3. The molecule has 2 aromatic heterocycles. The summed E-state index contributed by atoms with van der Waals surface area (Å²) in [6, 6.07) is 3.55. The number of nitrogens with two attached hydrogens (primary N) is 1. The van der Waals surface area contributed by atoms with Crippen molar-refractivity contribution in [3.63, 3.8) is 0 Å². The van der Waals surface area contributed by atoms with Crippen LogP contribution in [-0.2, 0) is 4.74 Å². The number of anilines is 2. The monoisotopic (exact) mass is 289 g/mol. The van der Waals surface area contributed by atoms with Gasteiger partial charge in [-0.1, -0.05) is 0 Å². The number of carbonyl (C=O) groups excluding carboxylic acids is 1. The quantitative estimate of drug-likeness (QED) is 0.841. The lowest BCUT2D eigenvalue weighted by Gasteiger charge is -2.15. The third-order valence-electron chi connectivity index (χ3n) is 3.25. The van der Waals surface area contributed by atoms with Crippen molar-refractivity contribution in [2.24, 2.45) is 0 Å². The molecule has 0 spiro atoms. The van der Waals surface area contributed by atoms with E-state index in [9.17, 15) is 4.79 Å². The lowest BCUT2D eigenvalue weighted by Crippen LogP contribution is -2.11. The van der Waals surface area contributed by atoms with E-state index in [2.05, 4.69) is 10.3 Å². The zero-order valence-electron chi connectivity index (χ0n) is 12.6. The molecule has 2 rings (SSSR count). The summed E-state index contributed by atoms with van der Waals surface area (Å²) in [6.45, 7) is 5.81. The highest BCUT2D eigenvalue weighted by Gasteiger charge is 2.16. The minimum Gasteiger partial charge on any atom is -0.466 e. The van der Waals surface area contributed by atoms with E-state index in [-0.39, 0.29) is 11.7 Å². The number of ether oxygens (including phenoxy) is 1. The molecule has 0 saturated heterocycles. The van der Waals surface area contributed by atoms with Gasteiger partial charge in [0.1, 0.15) is 17.3 Å². The zero-order valence-corrected chi connectivity index (χ0v) is 12.6. The number of pyridine rings is 1. The molecule has 2 aromatic rings. The number of nitrogens with zero attached hydrogens (tertiary/aromatic N) is 1. The summed E-state index contributed by atoms with van der Waals surface area (Å²) >= 11 is 0. The summed E-state index contributed by atoms with van der Waals surface area (Å²) in [4.78, 5) is 15.8. The lowest BCUT2D eigenvalue weighted by atomic mass is 10.1. The van der Waals surface area contributed by atoms with Crippen LogP contribution in [0.5, 0.6) is 0 Å². The lowest BCUT2D eigenvalue weighted by molar-refractivity contribution is 0.0602. The smallest absolute Gasteiger partial charge is 0.340 e. The van der Waals surface area contributed by atoms with Gasteiger partial charge in [-0.2, -0.15) is 0 Å². The molecule has 1 unspecified atom stereocenters. The van der Waals surface area contributed by atoms with E-state index in [0.29, 0.717) is 11.4 Å². The van der Waals surface area contributed by atoms with Crippen LogP contribution >= 0.6 is 0 Å². The normalized spacial score (nSPS) is 12.0. The average molecular weight is 289 g/mol. The Bertz CT molecular complexity index is 664. The van der Waals surface area contributed by atoms with Crippen LogP contribution in [0.3, 0.4) is 0 Å². The topological polar surface area (TPSA) is 90.4 Å². The van der Waals surface area contributed by atoms with Crippen LogP contribution in [0.1, 0.15) is 40.4 Å². The summed E-state index contributed by atoms with van der Waals surface area (Å²) < 4.78 is 10.2. The van der Waals surface area contributed by atoms with E-state index in [4.69, 9.17) is 14.9 Å². The van der Waals surface area contributed by atoms with Gasteiger partial charge in [0.05, 0.1) is 30.6 Å². The van der Waals surface area contributed by atoms with Gasteiger partial charge in [0, 0.05) is 5.56 Å². The maximum absolute atomic E-state index is 11.6. The van der Waals surface area contributed by atoms with Gasteiger partial charge in [-0.25, -0.2) is 9.78 Å². The number of esters is 1. The highest BCUT2D eigenvalue weighted by molar-refractivity contribution is 5.95. The molecule has 1 atom stereocenters. The minimum atomic E-state index is -0.485. The second kappa shape index (κ2) is 5.87. The molecule has 0 aromatic carbocycles. The molecule has 0 saturated carbocycles. The number of aryl methyl sites for hydroxylation is 2. The van der Waals surface area contributed by atoms with Gasteiger partial charge in [-0.3, -0.25) is 0 Å². The van der Waals surface area contributed by atoms with Crippen LogP contribution in [-0.4, -0.2) is 18.1 Å². The number of hydrogen-bond acceptors (Lipinski definition) is 6. The Morgan fingerprint density at radius 3 is 2.71 bits per heavy atom. The van der Waals surface area contributed by atoms with Crippen LogP contribution in [0.4, 0.5) is 11.5 Å². The van der Waals surface area contributed by atoms with Gasteiger partial charge < -0.3 is 20.2 Å². The molecule has 0 radical (unpaired) electrons. The van der Waals surface area contributed by atoms with E-state index in [1.54, 1.807) is 6.07 Å². The van der Waals surface area contributed by atoms with Crippen molar-refractivity contribution in [3.8, 4) is 0 Å². The van der Waals surface area contributed by atoms with E-state index < -0.39 is 5.97 Å². The van der Waals surface area contributed by atoms with Gasteiger partial charge in [-0.15, -0.1) is 0 Å². The van der Waals surface area contributed by atoms with Gasteiger partial charge >= 0.3 is 5.97 Å². The number of nitrogens with one attached hydrogen (secondary N) is 1. The molecule has 112 valence electrons. The summed E-state index contributed by atoms with van der Waals surface area (Å²) in [5, 5.41) is 3.22. The SMILES string of the molecule is COC(=O)c1cc(NC(C)c2cc(C)oc2C)ncc1N. The molecule has 2 heterocycles. The Kier molecular flexibility index (Phi) is 4.16. The van der Waals surface area contributed by atoms with Gasteiger partial charge in [0.25, 0.3) is 0 Å². The molecule has 0 aliphatic carbocycles. The average Bonchev–Trinajstić information content (AvgIpc) is 2.79. The van der Waals surface area contributed by atoms with Crippen molar-refractivity contribution in [2.45, 2.75) is 26.8 Å². The van der Waals surface area contributed by atoms with Crippen molar-refractivity contribution in [2.75, 3.05) is 18.2 Å². The fourth-order valence-electron chi connectivity index (χ4n) is 2.21. The highest BCUT2D eigenvalue weighted by atomic mass is 16.5. The predicted molar refractivity (Wildman–Crippen MR) is 80.2 cm³/mol. The Labute approximate surface area is 123 Å². The summed E-state index contributed by atoms with van der Waals surface area (Å²) in [5.74, 6) is 1.78. The first-order valence-corrected chi connectivity index (χ1v) is 6.59. The molecule has 0 fully saturated rings. The Balaban J connectivity index is 2.23. The van der Waals surface area contributed by atoms with Gasteiger partial charge in [0.15, 0.2) is 0 Å². The van der Waals surface area contributed by atoms with Crippen LogP contribution < -0.4 is 11.1 Å². The van der Waals surface area contributed by atoms with Crippen molar-refractivity contribution < 1.29 is 13.9 Å².